The predicted molar refractivity (Wildman–Crippen MR) is 99.5 cm³/mol. The molecule has 26 heavy (non-hydrogen) atoms. The van der Waals surface area contributed by atoms with Crippen molar-refractivity contribution in [2.75, 3.05) is 13.4 Å². The molecule has 0 bridgehead atoms. The Morgan fingerprint density at radius 1 is 1.23 bits per heavy atom. The molecule has 1 unspecified atom stereocenters. The Bertz CT molecular complexity index is 792. The van der Waals surface area contributed by atoms with Crippen molar-refractivity contribution in [1.29, 1.82) is 0 Å². The lowest BCUT2D eigenvalue weighted by molar-refractivity contribution is -0.143. The normalized spacial score (nSPS) is 17.5. The van der Waals surface area contributed by atoms with E-state index in [1.807, 2.05) is 17.9 Å². The molecule has 1 aliphatic heterocycles. The van der Waals surface area contributed by atoms with E-state index in [-0.39, 0.29) is 6.10 Å². The molecule has 0 saturated carbocycles. The molecule has 7 nitrogen and oxygen atoms in total. The number of allylic oxidation sites excluding steroid dienone is 2. The Morgan fingerprint density at radius 3 is 2.27 bits per heavy atom. The number of ether oxygens (including phenoxy) is 2. The zero-order chi connectivity index (χ0) is 19.6. The molecule has 0 aliphatic carbocycles. The molecule has 1 aromatic rings. The van der Waals surface area contributed by atoms with Crippen molar-refractivity contribution in [3.63, 3.8) is 0 Å². The number of nitrogens with one attached hydrogen (secondary N) is 1. The smallest absolute Gasteiger partial charge is 0.337 e. The molecule has 142 valence electrons. The maximum Gasteiger partial charge on any atom is 0.337 e. The lowest BCUT2D eigenvalue weighted by atomic mass is 9.83. The number of aromatic nitrogens is 2. The van der Waals surface area contributed by atoms with Gasteiger partial charge in [-0.3, -0.25) is 0 Å². The zero-order valence-corrected chi connectivity index (χ0v) is 17.0. The molecule has 1 N–H and O–H groups in total. The minimum absolute atomic E-state index is 0.273. The zero-order valence-electron chi connectivity index (χ0n) is 16.2. The molecular weight excluding hydrogens is 354 g/mol. The van der Waals surface area contributed by atoms with Gasteiger partial charge in [-0.05, 0) is 34.0 Å². The SMILES string of the molecule is COC(=O)C1=C(C)NC(C)=C(C(=O)OC(C)C)C1c1cnc(SC)n1C. The van der Waals surface area contributed by atoms with Crippen LogP contribution in [0.4, 0.5) is 0 Å². The highest BCUT2D eigenvalue weighted by Gasteiger charge is 2.39. The summed E-state index contributed by atoms with van der Waals surface area (Å²) in [7, 11) is 3.19. The Labute approximate surface area is 157 Å². The number of thioether (sulfide) groups is 1. The third-order valence-electron chi connectivity index (χ3n) is 4.19. The van der Waals surface area contributed by atoms with Crippen LogP contribution in [0.3, 0.4) is 0 Å². The second-order valence-electron chi connectivity index (χ2n) is 6.31. The van der Waals surface area contributed by atoms with Crippen LogP contribution in [-0.2, 0) is 26.1 Å². The van der Waals surface area contributed by atoms with Gasteiger partial charge < -0.3 is 19.4 Å². The summed E-state index contributed by atoms with van der Waals surface area (Å²) in [5.74, 6) is -1.57. The highest BCUT2D eigenvalue weighted by molar-refractivity contribution is 7.98. The maximum absolute atomic E-state index is 12.8. The molecule has 0 radical (unpaired) electrons. The van der Waals surface area contributed by atoms with E-state index < -0.39 is 17.9 Å². The van der Waals surface area contributed by atoms with Crippen molar-refractivity contribution in [2.24, 2.45) is 7.05 Å². The summed E-state index contributed by atoms with van der Waals surface area (Å²) in [5, 5.41) is 3.90. The largest absolute Gasteiger partial charge is 0.466 e. The fourth-order valence-electron chi connectivity index (χ4n) is 3.08. The fraction of sp³-hybridized carbons (Fsp3) is 0.500. The molecule has 2 heterocycles. The van der Waals surface area contributed by atoms with Gasteiger partial charge in [-0.15, -0.1) is 0 Å². The average Bonchev–Trinajstić information content (AvgIpc) is 2.93. The van der Waals surface area contributed by atoms with Crippen molar-refractivity contribution < 1.29 is 19.1 Å². The van der Waals surface area contributed by atoms with Gasteiger partial charge in [0, 0.05) is 18.4 Å². The van der Waals surface area contributed by atoms with E-state index in [0.29, 0.717) is 22.5 Å². The number of hydrogen-bond acceptors (Lipinski definition) is 7. The Balaban J connectivity index is 2.68. The lowest BCUT2D eigenvalue weighted by Crippen LogP contribution is -2.33. The Hall–Kier alpha value is -2.22. The van der Waals surface area contributed by atoms with Gasteiger partial charge in [0.25, 0.3) is 0 Å². The van der Waals surface area contributed by atoms with Crippen LogP contribution in [-0.4, -0.2) is 41.0 Å². The van der Waals surface area contributed by atoms with Crippen molar-refractivity contribution in [2.45, 2.75) is 44.9 Å². The van der Waals surface area contributed by atoms with Crippen molar-refractivity contribution in [3.8, 4) is 0 Å². The minimum Gasteiger partial charge on any atom is -0.466 e. The molecule has 1 atom stereocenters. The van der Waals surface area contributed by atoms with Crippen LogP contribution >= 0.6 is 11.8 Å². The van der Waals surface area contributed by atoms with Crippen LogP contribution < -0.4 is 5.32 Å². The number of dihydropyridines is 1. The number of rotatable bonds is 5. The average molecular weight is 379 g/mol. The maximum atomic E-state index is 12.8. The number of carbonyl (C=O) groups excluding carboxylic acids is 2. The van der Waals surface area contributed by atoms with Gasteiger partial charge >= 0.3 is 11.9 Å². The van der Waals surface area contributed by atoms with Crippen LogP contribution in [0.5, 0.6) is 0 Å². The highest BCUT2D eigenvalue weighted by Crippen LogP contribution is 2.39. The molecule has 1 aliphatic rings. The van der Waals surface area contributed by atoms with Gasteiger partial charge in [0.1, 0.15) is 0 Å². The monoisotopic (exact) mass is 379 g/mol. The summed E-state index contributed by atoms with van der Waals surface area (Å²) < 4.78 is 12.3. The van der Waals surface area contributed by atoms with E-state index in [2.05, 4.69) is 10.3 Å². The number of methoxy groups -OCH3 is 1. The van der Waals surface area contributed by atoms with E-state index in [1.165, 1.54) is 18.9 Å². The van der Waals surface area contributed by atoms with Crippen LogP contribution in [0.25, 0.3) is 0 Å². The summed E-state index contributed by atoms with van der Waals surface area (Å²) >= 11 is 1.49. The highest BCUT2D eigenvalue weighted by atomic mass is 32.2. The van der Waals surface area contributed by atoms with E-state index >= 15 is 0 Å². The van der Waals surface area contributed by atoms with Gasteiger partial charge in [0.15, 0.2) is 5.16 Å². The van der Waals surface area contributed by atoms with Crippen molar-refractivity contribution >= 4 is 23.7 Å². The number of hydrogen-bond donors (Lipinski definition) is 1. The minimum atomic E-state index is -0.617. The number of nitrogens with zero attached hydrogens (tertiary/aromatic N) is 2. The molecule has 0 amide bonds. The van der Waals surface area contributed by atoms with E-state index in [9.17, 15) is 9.59 Å². The molecular formula is C18H25N3O4S. The number of imidazole rings is 1. The third kappa shape index (κ3) is 3.65. The second-order valence-corrected chi connectivity index (χ2v) is 7.08. The summed E-state index contributed by atoms with van der Waals surface area (Å²) in [6, 6.07) is 0. The molecule has 0 aromatic carbocycles. The first-order valence-corrected chi connectivity index (χ1v) is 9.48. The molecule has 8 heteroatoms. The van der Waals surface area contributed by atoms with E-state index in [1.54, 1.807) is 33.9 Å². The summed E-state index contributed by atoms with van der Waals surface area (Å²) in [4.78, 5) is 29.7. The van der Waals surface area contributed by atoms with Crippen molar-refractivity contribution in [1.82, 2.24) is 14.9 Å². The third-order valence-corrected chi connectivity index (χ3v) is 4.93. The molecule has 0 fully saturated rings. The summed E-state index contributed by atoms with van der Waals surface area (Å²) in [6.07, 6.45) is 3.34. The van der Waals surface area contributed by atoms with Gasteiger partial charge in [-0.2, -0.15) is 0 Å². The molecule has 0 spiro atoms. The molecule has 0 saturated heterocycles. The predicted octanol–water partition coefficient (Wildman–Crippen LogP) is 2.50. The fourth-order valence-corrected chi connectivity index (χ4v) is 3.62. The molecule has 2 rings (SSSR count). The summed E-state index contributed by atoms with van der Waals surface area (Å²) in [6.45, 7) is 7.17. The van der Waals surface area contributed by atoms with Crippen LogP contribution in [0.1, 0.15) is 39.3 Å². The van der Waals surface area contributed by atoms with Crippen LogP contribution in [0.2, 0.25) is 0 Å². The number of carbonyl (C=O) groups is 2. The van der Waals surface area contributed by atoms with Crippen LogP contribution in [0, 0.1) is 0 Å². The standard InChI is InChI=1S/C18H25N3O4S/c1-9(2)25-17(23)14-11(4)20-10(3)13(16(22)24-6)15(14)12-8-19-18(26-7)21(12)5/h8-9,15,20H,1-7H3. The lowest BCUT2D eigenvalue weighted by Gasteiger charge is -2.30. The van der Waals surface area contributed by atoms with Gasteiger partial charge in [0.2, 0.25) is 0 Å². The Morgan fingerprint density at radius 2 is 1.81 bits per heavy atom. The van der Waals surface area contributed by atoms with Gasteiger partial charge in [0.05, 0.1) is 42.2 Å². The quantitative estimate of drug-likeness (QED) is 0.622. The first kappa shape index (κ1) is 20.1. The van der Waals surface area contributed by atoms with Gasteiger partial charge in [-0.25, -0.2) is 14.6 Å². The second kappa shape index (κ2) is 7.99. The van der Waals surface area contributed by atoms with E-state index in [4.69, 9.17) is 9.47 Å². The van der Waals surface area contributed by atoms with Crippen LogP contribution in [0.15, 0.2) is 33.9 Å². The van der Waals surface area contributed by atoms with Gasteiger partial charge in [-0.1, -0.05) is 11.8 Å². The molecule has 1 aromatic heterocycles. The van der Waals surface area contributed by atoms with Crippen molar-refractivity contribution in [3.05, 3.63) is 34.4 Å². The summed E-state index contributed by atoms with van der Waals surface area (Å²) in [5.41, 5.74) is 2.79. The van der Waals surface area contributed by atoms with E-state index in [0.717, 1.165) is 10.9 Å². The first-order chi connectivity index (χ1) is 12.2. The topological polar surface area (TPSA) is 82.4 Å². The number of esters is 2. The first-order valence-electron chi connectivity index (χ1n) is 8.26. The Kier molecular flexibility index (Phi) is 6.17.